The second kappa shape index (κ2) is 10.4. The molecule has 4 aromatic rings. The number of likely N-dealkylation sites (tertiary alicyclic amines) is 1. The van der Waals surface area contributed by atoms with Gasteiger partial charge in [0.25, 0.3) is 5.91 Å². The summed E-state index contributed by atoms with van der Waals surface area (Å²) in [4.78, 5) is 31.9. The number of halogens is 1. The van der Waals surface area contributed by atoms with E-state index in [0.717, 1.165) is 34.7 Å². The Morgan fingerprint density at radius 3 is 2.60 bits per heavy atom. The van der Waals surface area contributed by atoms with Gasteiger partial charge in [-0.1, -0.05) is 60.1 Å². The first-order chi connectivity index (χ1) is 17.1. The van der Waals surface area contributed by atoms with Crippen molar-refractivity contribution >= 4 is 40.6 Å². The number of rotatable bonds is 6. The Bertz CT molecular complexity index is 1330. The molecule has 0 spiro atoms. The van der Waals surface area contributed by atoms with Crippen LogP contribution in [-0.4, -0.2) is 45.0 Å². The number of hydrogen-bond acceptors (Lipinski definition) is 5. The number of hydrogen-bond donors (Lipinski definition) is 2. The molecule has 1 aliphatic heterocycles. The van der Waals surface area contributed by atoms with Gasteiger partial charge in [0, 0.05) is 35.5 Å². The van der Waals surface area contributed by atoms with Crippen molar-refractivity contribution in [2.45, 2.75) is 25.2 Å². The molecule has 0 atom stereocenters. The van der Waals surface area contributed by atoms with Gasteiger partial charge in [-0.05, 0) is 30.0 Å². The maximum Gasteiger partial charge on any atom is 0.276 e. The average molecular weight is 506 g/mol. The van der Waals surface area contributed by atoms with Gasteiger partial charge < -0.3 is 10.2 Å². The van der Waals surface area contributed by atoms with E-state index in [0.29, 0.717) is 36.0 Å². The number of aromatic nitrogens is 3. The monoisotopic (exact) mass is 505 g/mol. The Kier molecular flexibility index (Phi) is 6.92. The van der Waals surface area contributed by atoms with Crippen LogP contribution in [0, 0.1) is 0 Å². The Morgan fingerprint density at radius 1 is 1.09 bits per heavy atom. The second-order valence-electron chi connectivity index (χ2n) is 8.48. The van der Waals surface area contributed by atoms with Gasteiger partial charge >= 0.3 is 0 Å². The lowest BCUT2D eigenvalue weighted by Gasteiger charge is -2.31. The van der Waals surface area contributed by atoms with Gasteiger partial charge in [0.2, 0.25) is 5.91 Å². The summed E-state index contributed by atoms with van der Waals surface area (Å²) in [5.74, 6) is 0.491. The lowest BCUT2D eigenvalue weighted by molar-refractivity contribution is -0.131. The van der Waals surface area contributed by atoms with Crippen LogP contribution in [0.15, 0.2) is 66.0 Å². The van der Waals surface area contributed by atoms with Gasteiger partial charge in [0.05, 0.1) is 17.1 Å². The van der Waals surface area contributed by atoms with E-state index in [2.05, 4.69) is 20.5 Å². The summed E-state index contributed by atoms with van der Waals surface area (Å²) in [5.41, 5.74) is 3.06. The van der Waals surface area contributed by atoms with Crippen LogP contribution in [0.25, 0.3) is 11.3 Å². The fourth-order valence-corrected chi connectivity index (χ4v) is 5.38. The van der Waals surface area contributed by atoms with Gasteiger partial charge in [0.15, 0.2) is 5.82 Å². The van der Waals surface area contributed by atoms with Crippen LogP contribution in [-0.2, 0) is 11.2 Å². The molecule has 0 aliphatic carbocycles. The first-order valence-electron chi connectivity index (χ1n) is 11.5. The number of aromatic amines is 1. The molecule has 2 amide bonds. The van der Waals surface area contributed by atoms with Gasteiger partial charge in [-0.25, -0.2) is 4.98 Å². The van der Waals surface area contributed by atoms with E-state index in [1.54, 1.807) is 17.5 Å². The lowest BCUT2D eigenvalue weighted by atomic mass is 9.97. The van der Waals surface area contributed by atoms with Crippen molar-refractivity contribution in [2.75, 3.05) is 18.4 Å². The quantitative estimate of drug-likeness (QED) is 0.367. The Labute approximate surface area is 212 Å². The summed E-state index contributed by atoms with van der Waals surface area (Å²) >= 11 is 7.69. The number of amides is 2. The third kappa shape index (κ3) is 5.44. The van der Waals surface area contributed by atoms with Crippen LogP contribution >= 0.6 is 22.9 Å². The maximum atomic E-state index is 12.7. The number of piperidine rings is 1. The zero-order valence-electron chi connectivity index (χ0n) is 18.9. The number of nitrogens with one attached hydrogen (secondary N) is 2. The van der Waals surface area contributed by atoms with Crippen molar-refractivity contribution in [1.29, 1.82) is 0 Å². The Balaban J connectivity index is 1.15. The molecule has 0 bridgehead atoms. The zero-order chi connectivity index (χ0) is 24.2. The van der Waals surface area contributed by atoms with E-state index in [1.807, 2.05) is 53.4 Å². The molecule has 9 heteroatoms. The highest BCUT2D eigenvalue weighted by molar-refractivity contribution is 7.10. The number of carbonyl (C=O) groups excluding carboxylic acids is 2. The minimum atomic E-state index is -0.286. The van der Waals surface area contributed by atoms with E-state index in [9.17, 15) is 9.59 Å². The van der Waals surface area contributed by atoms with E-state index < -0.39 is 0 Å². The molecule has 7 nitrogen and oxygen atoms in total. The van der Waals surface area contributed by atoms with Crippen molar-refractivity contribution in [3.8, 4) is 11.3 Å². The summed E-state index contributed by atoms with van der Waals surface area (Å²) in [5, 5.41) is 13.3. The van der Waals surface area contributed by atoms with E-state index >= 15 is 0 Å². The minimum Gasteiger partial charge on any atom is -0.342 e. The molecule has 0 radical (unpaired) electrons. The van der Waals surface area contributed by atoms with Crippen LogP contribution in [0.4, 0.5) is 5.82 Å². The molecular formula is C26H24ClN5O2S. The average Bonchev–Trinajstić information content (AvgIpc) is 3.56. The second-order valence-corrected chi connectivity index (χ2v) is 9.78. The van der Waals surface area contributed by atoms with Crippen LogP contribution in [0.5, 0.6) is 0 Å². The van der Waals surface area contributed by atoms with Gasteiger partial charge in [-0.3, -0.25) is 14.7 Å². The zero-order valence-corrected chi connectivity index (χ0v) is 20.5. The standard InChI is InChI=1S/C26H24ClN5O2S/c27-20-9-5-4-8-19(20)14-24(33)32-12-10-18(11-13-32)26-28-22(16-35-26)25(34)29-23-15-21(30-31-23)17-6-2-1-3-7-17/h1-9,15-16,18H,10-14H2,(H2,29,30,31,34). The maximum absolute atomic E-state index is 12.7. The molecule has 1 aliphatic rings. The Hall–Kier alpha value is -3.49. The summed E-state index contributed by atoms with van der Waals surface area (Å²) in [6.45, 7) is 1.34. The van der Waals surface area contributed by atoms with E-state index in [1.165, 1.54) is 11.3 Å². The SMILES string of the molecule is O=C(Nc1cc(-c2ccccc2)[nH]n1)c1csc(C2CCN(C(=O)Cc3ccccc3Cl)CC2)n1. The molecule has 0 saturated carbocycles. The molecule has 1 fully saturated rings. The van der Waals surface area contributed by atoms with Crippen LogP contribution in [0.2, 0.25) is 5.02 Å². The van der Waals surface area contributed by atoms with E-state index in [-0.39, 0.29) is 17.7 Å². The Morgan fingerprint density at radius 2 is 1.83 bits per heavy atom. The molecular weight excluding hydrogens is 482 g/mol. The summed E-state index contributed by atoms with van der Waals surface area (Å²) < 4.78 is 0. The molecule has 2 aromatic carbocycles. The highest BCUT2D eigenvalue weighted by atomic mass is 35.5. The number of thiazole rings is 1. The third-order valence-electron chi connectivity index (χ3n) is 6.16. The highest BCUT2D eigenvalue weighted by Gasteiger charge is 2.26. The van der Waals surface area contributed by atoms with Crippen molar-refractivity contribution in [3.63, 3.8) is 0 Å². The predicted molar refractivity (Wildman–Crippen MR) is 138 cm³/mol. The number of H-pyrrole nitrogens is 1. The molecule has 35 heavy (non-hydrogen) atoms. The number of nitrogens with zero attached hydrogens (tertiary/aromatic N) is 3. The third-order valence-corrected chi connectivity index (χ3v) is 7.53. The first kappa shape index (κ1) is 23.3. The molecule has 178 valence electrons. The van der Waals surface area contributed by atoms with Crippen LogP contribution < -0.4 is 5.32 Å². The van der Waals surface area contributed by atoms with Crippen molar-refractivity contribution in [1.82, 2.24) is 20.1 Å². The fraction of sp³-hybridized carbons (Fsp3) is 0.231. The van der Waals surface area contributed by atoms with Crippen LogP contribution in [0.3, 0.4) is 0 Å². The smallest absolute Gasteiger partial charge is 0.276 e. The van der Waals surface area contributed by atoms with Gasteiger partial charge in [0.1, 0.15) is 5.69 Å². The van der Waals surface area contributed by atoms with E-state index in [4.69, 9.17) is 11.6 Å². The summed E-state index contributed by atoms with van der Waals surface area (Å²) in [6.07, 6.45) is 1.95. The fourth-order valence-electron chi connectivity index (χ4n) is 4.20. The molecule has 5 rings (SSSR count). The highest BCUT2D eigenvalue weighted by Crippen LogP contribution is 2.31. The normalized spacial score (nSPS) is 14.1. The summed E-state index contributed by atoms with van der Waals surface area (Å²) in [6, 6.07) is 19.0. The number of benzene rings is 2. The molecule has 2 N–H and O–H groups in total. The largest absolute Gasteiger partial charge is 0.342 e. The molecule has 1 saturated heterocycles. The summed E-state index contributed by atoms with van der Waals surface area (Å²) in [7, 11) is 0. The van der Waals surface area contributed by atoms with Crippen molar-refractivity contribution in [2.24, 2.45) is 0 Å². The predicted octanol–water partition coefficient (Wildman–Crippen LogP) is 5.39. The number of anilines is 1. The topological polar surface area (TPSA) is 91.0 Å². The van der Waals surface area contributed by atoms with Gasteiger partial charge in [-0.2, -0.15) is 5.10 Å². The van der Waals surface area contributed by atoms with Crippen LogP contribution in [0.1, 0.15) is 39.8 Å². The molecule has 0 unspecified atom stereocenters. The lowest BCUT2D eigenvalue weighted by Crippen LogP contribution is -2.38. The molecule has 2 aromatic heterocycles. The number of carbonyl (C=O) groups is 2. The van der Waals surface area contributed by atoms with Crippen molar-refractivity contribution < 1.29 is 9.59 Å². The minimum absolute atomic E-state index is 0.0876. The first-order valence-corrected chi connectivity index (χ1v) is 12.7. The van der Waals surface area contributed by atoms with Crippen molar-refractivity contribution in [3.05, 3.63) is 87.3 Å². The molecule has 3 heterocycles. The van der Waals surface area contributed by atoms with Gasteiger partial charge in [-0.15, -0.1) is 11.3 Å².